The second kappa shape index (κ2) is 15.4. The number of benzene rings is 1. The summed E-state index contributed by atoms with van der Waals surface area (Å²) in [7, 11) is 0. The number of hydrogen-bond donors (Lipinski definition) is 0. The molecule has 1 saturated carbocycles. The van der Waals surface area contributed by atoms with Crippen LogP contribution in [0.25, 0.3) is 0 Å². The predicted octanol–water partition coefficient (Wildman–Crippen LogP) is 7.50. The van der Waals surface area contributed by atoms with Gasteiger partial charge in [-0.1, -0.05) is 65.2 Å². The molecule has 0 N–H and O–H groups in total. The van der Waals surface area contributed by atoms with Gasteiger partial charge in [0.1, 0.15) is 5.75 Å². The number of esters is 2. The van der Waals surface area contributed by atoms with Gasteiger partial charge in [0, 0.05) is 12.4 Å². The number of ether oxygens (including phenoxy) is 2. The van der Waals surface area contributed by atoms with E-state index in [4.69, 9.17) is 9.47 Å². The van der Waals surface area contributed by atoms with Crippen molar-refractivity contribution >= 4 is 11.9 Å². The van der Waals surface area contributed by atoms with Crippen LogP contribution in [0.5, 0.6) is 11.8 Å². The van der Waals surface area contributed by atoms with E-state index >= 15 is 0 Å². The Morgan fingerprint density at radius 3 is 2.08 bits per heavy atom. The Morgan fingerprint density at radius 1 is 0.806 bits per heavy atom. The first kappa shape index (κ1) is 27.8. The zero-order chi connectivity index (χ0) is 25.6. The Hall–Kier alpha value is -2.76. The number of aryl methyl sites for hydroxylation is 1. The third kappa shape index (κ3) is 9.36. The standard InChI is InChI=1S/C30H42N2O4/c1-3-5-7-9-11-23-13-15-25(16-14-23)28(33)35-27-19-17-26(18-20-27)29(34)36-30-31-21-24(22-32-30)12-10-8-6-4-2/h17-23,25H,3-16H2,1-2H3/t23-,25-. The molecule has 2 aromatic rings. The van der Waals surface area contributed by atoms with Crippen LogP contribution in [0.15, 0.2) is 36.7 Å². The van der Waals surface area contributed by atoms with Gasteiger partial charge in [-0.15, -0.1) is 0 Å². The minimum Gasteiger partial charge on any atom is -0.426 e. The van der Waals surface area contributed by atoms with Crippen LogP contribution in [0.1, 0.15) is 113 Å². The first-order valence-electron chi connectivity index (χ1n) is 13.9. The van der Waals surface area contributed by atoms with Gasteiger partial charge in [-0.05, 0) is 74.3 Å². The molecule has 0 aliphatic heterocycles. The monoisotopic (exact) mass is 494 g/mol. The molecule has 3 rings (SSSR count). The fraction of sp³-hybridized carbons (Fsp3) is 0.600. The molecule has 0 amide bonds. The van der Waals surface area contributed by atoms with E-state index in [1.807, 2.05) is 0 Å². The molecule has 1 aromatic carbocycles. The lowest BCUT2D eigenvalue weighted by Gasteiger charge is -2.27. The molecule has 1 aliphatic rings. The van der Waals surface area contributed by atoms with E-state index in [1.54, 1.807) is 36.7 Å². The molecule has 6 nitrogen and oxygen atoms in total. The van der Waals surface area contributed by atoms with Crippen LogP contribution < -0.4 is 9.47 Å². The normalized spacial score (nSPS) is 17.5. The van der Waals surface area contributed by atoms with Gasteiger partial charge in [-0.2, -0.15) is 0 Å². The first-order chi connectivity index (χ1) is 17.6. The molecule has 36 heavy (non-hydrogen) atoms. The lowest BCUT2D eigenvalue weighted by molar-refractivity contribution is -0.140. The number of hydrogen-bond acceptors (Lipinski definition) is 6. The predicted molar refractivity (Wildman–Crippen MR) is 141 cm³/mol. The second-order valence-electron chi connectivity index (χ2n) is 10.1. The zero-order valence-corrected chi connectivity index (χ0v) is 22.0. The van der Waals surface area contributed by atoms with Gasteiger partial charge in [0.05, 0.1) is 11.5 Å². The topological polar surface area (TPSA) is 78.4 Å². The molecule has 0 saturated heterocycles. The lowest BCUT2D eigenvalue weighted by atomic mass is 9.80. The summed E-state index contributed by atoms with van der Waals surface area (Å²) in [5.41, 5.74) is 1.39. The Morgan fingerprint density at radius 2 is 1.44 bits per heavy atom. The van der Waals surface area contributed by atoms with Gasteiger partial charge in [0.15, 0.2) is 0 Å². The number of rotatable bonds is 14. The molecule has 1 heterocycles. The summed E-state index contributed by atoms with van der Waals surface area (Å²) in [6, 6.07) is 6.50. The van der Waals surface area contributed by atoms with Crippen molar-refractivity contribution in [2.45, 2.75) is 104 Å². The van der Waals surface area contributed by atoms with E-state index in [-0.39, 0.29) is 17.9 Å². The van der Waals surface area contributed by atoms with Gasteiger partial charge in [0.2, 0.25) is 0 Å². The summed E-state index contributed by atoms with van der Waals surface area (Å²) in [4.78, 5) is 33.4. The van der Waals surface area contributed by atoms with E-state index in [2.05, 4.69) is 23.8 Å². The van der Waals surface area contributed by atoms with Gasteiger partial charge in [-0.25, -0.2) is 14.8 Å². The SMILES string of the molecule is CCCCCCc1cnc(OC(=O)c2ccc(OC(=O)[C@H]3CC[C@H](CCCCCC)CC3)cc2)nc1. The highest BCUT2D eigenvalue weighted by atomic mass is 16.5. The van der Waals surface area contributed by atoms with Crippen molar-refractivity contribution in [3.63, 3.8) is 0 Å². The van der Waals surface area contributed by atoms with Gasteiger partial charge < -0.3 is 9.47 Å². The number of unbranched alkanes of at least 4 members (excludes halogenated alkanes) is 6. The van der Waals surface area contributed by atoms with Crippen molar-refractivity contribution in [1.29, 1.82) is 0 Å². The van der Waals surface area contributed by atoms with E-state index in [9.17, 15) is 9.59 Å². The average molecular weight is 495 g/mol. The Kier molecular flexibility index (Phi) is 11.9. The number of aromatic nitrogens is 2. The van der Waals surface area contributed by atoms with Crippen molar-refractivity contribution in [2.24, 2.45) is 11.8 Å². The molecule has 6 heteroatoms. The fourth-order valence-corrected chi connectivity index (χ4v) is 4.83. The van der Waals surface area contributed by atoms with Crippen molar-refractivity contribution in [1.82, 2.24) is 9.97 Å². The second-order valence-corrected chi connectivity index (χ2v) is 10.1. The fourth-order valence-electron chi connectivity index (χ4n) is 4.83. The highest BCUT2D eigenvalue weighted by Gasteiger charge is 2.27. The van der Waals surface area contributed by atoms with Crippen molar-refractivity contribution in [3.8, 4) is 11.8 Å². The summed E-state index contributed by atoms with van der Waals surface area (Å²) in [6.07, 6.45) is 19.6. The van der Waals surface area contributed by atoms with E-state index in [1.165, 1.54) is 51.4 Å². The van der Waals surface area contributed by atoms with Crippen LogP contribution in [0.2, 0.25) is 0 Å². The van der Waals surface area contributed by atoms with Crippen LogP contribution in [0, 0.1) is 11.8 Å². The molecule has 1 aliphatic carbocycles. The molecule has 0 spiro atoms. The molecule has 1 fully saturated rings. The molecule has 0 unspecified atom stereocenters. The highest BCUT2D eigenvalue weighted by molar-refractivity contribution is 5.90. The lowest BCUT2D eigenvalue weighted by Crippen LogP contribution is -2.25. The van der Waals surface area contributed by atoms with Crippen LogP contribution >= 0.6 is 0 Å². The van der Waals surface area contributed by atoms with Crippen LogP contribution in [0.4, 0.5) is 0 Å². The molecule has 0 radical (unpaired) electrons. The summed E-state index contributed by atoms with van der Waals surface area (Å²) >= 11 is 0. The number of carbonyl (C=O) groups excluding carboxylic acids is 2. The van der Waals surface area contributed by atoms with Gasteiger partial charge >= 0.3 is 17.9 Å². The average Bonchev–Trinajstić information content (AvgIpc) is 2.91. The van der Waals surface area contributed by atoms with Gasteiger partial charge in [-0.3, -0.25) is 4.79 Å². The molecule has 0 bridgehead atoms. The summed E-state index contributed by atoms with van der Waals surface area (Å²) in [5, 5.41) is 0. The van der Waals surface area contributed by atoms with E-state index < -0.39 is 5.97 Å². The number of carbonyl (C=O) groups is 2. The molecule has 1 aromatic heterocycles. The number of nitrogens with zero attached hydrogens (tertiary/aromatic N) is 2. The zero-order valence-electron chi connectivity index (χ0n) is 22.0. The molecule has 0 atom stereocenters. The summed E-state index contributed by atoms with van der Waals surface area (Å²) in [6.45, 7) is 4.43. The third-order valence-electron chi connectivity index (χ3n) is 7.14. The minimum atomic E-state index is -0.541. The van der Waals surface area contributed by atoms with Crippen molar-refractivity contribution in [3.05, 3.63) is 47.8 Å². The van der Waals surface area contributed by atoms with E-state index in [0.717, 1.165) is 50.0 Å². The van der Waals surface area contributed by atoms with Crippen LogP contribution in [-0.2, 0) is 11.2 Å². The summed E-state index contributed by atoms with van der Waals surface area (Å²) < 4.78 is 10.9. The van der Waals surface area contributed by atoms with Crippen molar-refractivity contribution < 1.29 is 19.1 Å². The third-order valence-corrected chi connectivity index (χ3v) is 7.14. The Bertz CT molecular complexity index is 919. The molecular formula is C30H42N2O4. The van der Waals surface area contributed by atoms with E-state index in [0.29, 0.717) is 11.3 Å². The largest absolute Gasteiger partial charge is 0.426 e. The quantitative estimate of drug-likeness (QED) is 0.154. The first-order valence-corrected chi connectivity index (χ1v) is 13.9. The molecule has 196 valence electrons. The van der Waals surface area contributed by atoms with Crippen LogP contribution in [0.3, 0.4) is 0 Å². The maximum absolute atomic E-state index is 12.6. The van der Waals surface area contributed by atoms with Crippen molar-refractivity contribution in [2.75, 3.05) is 0 Å². The minimum absolute atomic E-state index is 0.0340. The maximum atomic E-state index is 12.6. The molecular weight excluding hydrogens is 452 g/mol. The van der Waals surface area contributed by atoms with Gasteiger partial charge in [0.25, 0.3) is 0 Å². The Balaban J connectivity index is 1.40. The smallest absolute Gasteiger partial charge is 0.345 e. The Labute approximate surface area is 216 Å². The summed E-state index contributed by atoms with van der Waals surface area (Å²) in [5.74, 6) is 0.455. The highest BCUT2D eigenvalue weighted by Crippen LogP contribution is 2.33. The maximum Gasteiger partial charge on any atom is 0.345 e. The van der Waals surface area contributed by atoms with Crippen LogP contribution in [-0.4, -0.2) is 21.9 Å².